The molecule has 11 heteroatoms. The lowest BCUT2D eigenvalue weighted by Crippen LogP contribution is -2.41. The van der Waals surface area contributed by atoms with E-state index in [4.69, 9.17) is 19.0 Å². The summed E-state index contributed by atoms with van der Waals surface area (Å²) in [6.07, 6.45) is 5.00. The highest BCUT2D eigenvalue weighted by Gasteiger charge is 2.39. The van der Waals surface area contributed by atoms with E-state index in [9.17, 15) is 4.79 Å². The number of rotatable bonds is 2. The van der Waals surface area contributed by atoms with Gasteiger partial charge in [0.25, 0.3) is 5.91 Å². The first kappa shape index (κ1) is 19.7. The first-order chi connectivity index (χ1) is 16.2. The van der Waals surface area contributed by atoms with E-state index >= 15 is 0 Å². The molecule has 4 bridgehead atoms. The highest BCUT2D eigenvalue weighted by atomic mass is 16.5. The molecular weight excluding hydrogens is 426 g/mol. The number of carbonyl (C=O) groups is 1. The first-order valence-electron chi connectivity index (χ1n) is 10.7. The van der Waals surface area contributed by atoms with Crippen LogP contribution in [0.25, 0.3) is 28.2 Å². The SMILES string of the molecule is CO[C@@H]1C[C@H]2COc3ccn4ncc(c4n3)-c3cc(cc(-c4ncon4)c3)NCCN2C1=O. The Balaban J connectivity index is 1.46. The van der Waals surface area contributed by atoms with Crippen LogP contribution in [0.1, 0.15) is 6.42 Å². The van der Waals surface area contributed by atoms with Crippen molar-refractivity contribution >= 4 is 17.2 Å². The Morgan fingerprint density at radius 3 is 3.00 bits per heavy atom. The molecule has 1 saturated heterocycles. The van der Waals surface area contributed by atoms with Gasteiger partial charge < -0.3 is 24.2 Å². The minimum atomic E-state index is -0.459. The number of carbonyl (C=O) groups excluding carboxylic acids is 1. The van der Waals surface area contributed by atoms with Crippen LogP contribution in [0.15, 0.2) is 47.6 Å². The molecule has 3 aromatic heterocycles. The highest BCUT2D eigenvalue weighted by Crippen LogP contribution is 2.32. The van der Waals surface area contributed by atoms with Crippen molar-refractivity contribution in [3.05, 3.63) is 43.1 Å². The fraction of sp³-hybridized carbons (Fsp3) is 0.318. The van der Waals surface area contributed by atoms with Crippen LogP contribution in [0, 0.1) is 0 Å². The third kappa shape index (κ3) is 3.46. The number of nitrogens with zero attached hydrogens (tertiary/aromatic N) is 6. The Morgan fingerprint density at radius 1 is 1.24 bits per heavy atom. The van der Waals surface area contributed by atoms with Crippen LogP contribution in [0.5, 0.6) is 5.88 Å². The lowest BCUT2D eigenvalue weighted by atomic mass is 10.0. The molecule has 6 rings (SSSR count). The molecule has 33 heavy (non-hydrogen) atoms. The fourth-order valence-corrected chi connectivity index (χ4v) is 4.44. The predicted molar refractivity (Wildman–Crippen MR) is 117 cm³/mol. The lowest BCUT2D eigenvalue weighted by molar-refractivity contribution is -0.136. The summed E-state index contributed by atoms with van der Waals surface area (Å²) in [5.74, 6) is 0.928. The standard InChI is InChI=1S/C22H21N7O4/c1-31-18-9-16-11-32-19-2-4-29-21(26-19)17(10-25-29)13-6-14(20-24-12-33-27-20)8-15(7-13)23-3-5-28(16)22(18)30/h2,4,6-8,10,12,16,18,23H,3,5,9,11H2,1H3/t16-,18+/m0/s1. The number of hydrogen-bond acceptors (Lipinski definition) is 9. The monoisotopic (exact) mass is 447 g/mol. The summed E-state index contributed by atoms with van der Waals surface area (Å²) in [4.78, 5) is 23.5. The second kappa shape index (κ2) is 7.85. The zero-order chi connectivity index (χ0) is 22.4. The van der Waals surface area contributed by atoms with Crippen LogP contribution >= 0.6 is 0 Å². The van der Waals surface area contributed by atoms with Gasteiger partial charge in [-0.2, -0.15) is 15.1 Å². The molecule has 11 nitrogen and oxygen atoms in total. The maximum atomic E-state index is 12.8. The van der Waals surface area contributed by atoms with Gasteiger partial charge in [-0.05, 0) is 23.8 Å². The molecule has 0 radical (unpaired) electrons. The van der Waals surface area contributed by atoms with Crippen LogP contribution in [-0.2, 0) is 9.53 Å². The van der Waals surface area contributed by atoms with E-state index < -0.39 is 6.10 Å². The quantitative estimate of drug-likeness (QED) is 0.491. The summed E-state index contributed by atoms with van der Waals surface area (Å²) in [6.45, 7) is 1.41. The summed E-state index contributed by atoms with van der Waals surface area (Å²) >= 11 is 0. The molecule has 2 aliphatic heterocycles. The second-order valence-corrected chi connectivity index (χ2v) is 8.03. The molecule has 0 spiro atoms. The van der Waals surface area contributed by atoms with Gasteiger partial charge in [0.05, 0.1) is 12.2 Å². The van der Waals surface area contributed by atoms with Crippen LogP contribution in [-0.4, -0.2) is 74.5 Å². The molecule has 1 aromatic carbocycles. The van der Waals surface area contributed by atoms with Gasteiger partial charge >= 0.3 is 0 Å². The Kier molecular flexibility index (Phi) is 4.68. The van der Waals surface area contributed by atoms with E-state index in [0.717, 1.165) is 22.4 Å². The van der Waals surface area contributed by atoms with Crippen LogP contribution in [0.3, 0.4) is 0 Å². The lowest BCUT2D eigenvalue weighted by Gasteiger charge is -2.25. The van der Waals surface area contributed by atoms with E-state index in [1.807, 2.05) is 29.3 Å². The number of benzene rings is 1. The molecule has 4 aromatic rings. The van der Waals surface area contributed by atoms with Crippen LogP contribution in [0.4, 0.5) is 5.69 Å². The summed E-state index contributed by atoms with van der Waals surface area (Å²) in [5.41, 5.74) is 4.06. The van der Waals surface area contributed by atoms with Crippen molar-refractivity contribution in [3.63, 3.8) is 0 Å². The van der Waals surface area contributed by atoms with E-state index in [1.165, 1.54) is 6.39 Å². The third-order valence-corrected chi connectivity index (χ3v) is 6.08. The van der Waals surface area contributed by atoms with E-state index in [1.54, 1.807) is 23.9 Å². The highest BCUT2D eigenvalue weighted by molar-refractivity contribution is 5.84. The summed E-state index contributed by atoms with van der Waals surface area (Å²) < 4.78 is 18.1. The molecule has 168 valence electrons. The van der Waals surface area contributed by atoms with Crippen molar-refractivity contribution in [1.82, 2.24) is 29.6 Å². The minimum absolute atomic E-state index is 0.0253. The topological polar surface area (TPSA) is 120 Å². The van der Waals surface area contributed by atoms with Crippen LogP contribution in [0.2, 0.25) is 0 Å². The molecule has 1 N–H and O–H groups in total. The number of nitrogens with one attached hydrogen (secondary N) is 1. The van der Waals surface area contributed by atoms with Gasteiger partial charge in [-0.25, -0.2) is 4.52 Å². The molecule has 1 amide bonds. The Bertz CT molecular complexity index is 1320. The third-order valence-electron chi connectivity index (χ3n) is 6.08. The largest absolute Gasteiger partial charge is 0.475 e. The van der Waals surface area contributed by atoms with Crippen molar-refractivity contribution in [2.75, 3.05) is 32.1 Å². The smallest absolute Gasteiger partial charge is 0.252 e. The Hall–Kier alpha value is -3.99. The van der Waals surface area contributed by atoms with Crippen molar-refractivity contribution in [3.8, 4) is 28.4 Å². The number of methoxy groups -OCH3 is 1. The van der Waals surface area contributed by atoms with Crippen molar-refractivity contribution in [2.24, 2.45) is 0 Å². The predicted octanol–water partition coefficient (Wildman–Crippen LogP) is 1.87. The first-order valence-corrected chi connectivity index (χ1v) is 10.7. The molecule has 2 atom stereocenters. The zero-order valence-corrected chi connectivity index (χ0v) is 17.8. The van der Waals surface area contributed by atoms with E-state index in [0.29, 0.717) is 43.5 Å². The molecule has 2 aliphatic rings. The number of ether oxygens (including phenoxy) is 2. The average Bonchev–Trinajstić information content (AvgIpc) is 3.57. The maximum absolute atomic E-state index is 12.8. The van der Waals surface area contributed by atoms with Gasteiger partial charge in [-0.15, -0.1) is 0 Å². The van der Waals surface area contributed by atoms with Crippen molar-refractivity contribution in [1.29, 1.82) is 0 Å². The molecular formula is C22H21N7O4. The summed E-state index contributed by atoms with van der Waals surface area (Å²) in [7, 11) is 1.56. The van der Waals surface area contributed by atoms with Gasteiger partial charge in [0.15, 0.2) is 5.65 Å². The van der Waals surface area contributed by atoms with Gasteiger partial charge in [0, 0.05) is 55.7 Å². The normalized spacial score (nSPS) is 20.4. The van der Waals surface area contributed by atoms with Gasteiger partial charge in [-0.1, -0.05) is 5.16 Å². The number of amides is 1. The number of fused-ring (bicyclic) bond motifs is 5. The number of hydrogen-bond donors (Lipinski definition) is 1. The molecule has 1 fully saturated rings. The summed E-state index contributed by atoms with van der Waals surface area (Å²) in [6, 6.07) is 7.61. The maximum Gasteiger partial charge on any atom is 0.252 e. The van der Waals surface area contributed by atoms with E-state index in [2.05, 4.69) is 20.6 Å². The van der Waals surface area contributed by atoms with E-state index in [-0.39, 0.29) is 11.9 Å². The van der Waals surface area contributed by atoms with Crippen molar-refractivity contribution < 1.29 is 18.8 Å². The zero-order valence-electron chi connectivity index (χ0n) is 17.8. The fourth-order valence-electron chi connectivity index (χ4n) is 4.44. The van der Waals surface area contributed by atoms with Gasteiger partial charge in [0.2, 0.25) is 18.1 Å². The Morgan fingerprint density at radius 2 is 2.15 bits per heavy atom. The average molecular weight is 447 g/mol. The molecule has 5 heterocycles. The number of anilines is 1. The van der Waals surface area contributed by atoms with Crippen molar-refractivity contribution in [2.45, 2.75) is 18.6 Å². The number of aromatic nitrogens is 5. The van der Waals surface area contributed by atoms with Gasteiger partial charge in [-0.3, -0.25) is 4.79 Å². The molecule has 0 unspecified atom stereocenters. The minimum Gasteiger partial charge on any atom is -0.475 e. The summed E-state index contributed by atoms with van der Waals surface area (Å²) in [5, 5.41) is 11.8. The van der Waals surface area contributed by atoms with Gasteiger partial charge in [0.1, 0.15) is 12.7 Å². The Labute approximate surface area is 188 Å². The molecule has 0 saturated carbocycles. The second-order valence-electron chi connectivity index (χ2n) is 8.03. The van der Waals surface area contributed by atoms with Crippen LogP contribution < -0.4 is 10.1 Å². The molecule has 0 aliphatic carbocycles.